The molecule has 2 aliphatic heterocycles. The van der Waals surface area contributed by atoms with E-state index in [0.29, 0.717) is 12.5 Å². The fourth-order valence-corrected chi connectivity index (χ4v) is 5.78. The molecule has 2 saturated heterocycles. The molecule has 2 bridgehead atoms. The molecule has 3 nitrogen and oxygen atoms in total. The van der Waals surface area contributed by atoms with E-state index in [2.05, 4.69) is 47.9 Å². The molecule has 0 unspecified atom stereocenters. The lowest BCUT2D eigenvalue weighted by molar-refractivity contribution is -0.150. The van der Waals surface area contributed by atoms with Crippen LogP contribution in [0.25, 0.3) is 0 Å². The van der Waals surface area contributed by atoms with Gasteiger partial charge in [0.15, 0.2) is 0 Å². The van der Waals surface area contributed by atoms with E-state index in [-0.39, 0.29) is 30.5 Å². The van der Waals surface area contributed by atoms with Gasteiger partial charge in [0.05, 0.1) is 19.7 Å². The van der Waals surface area contributed by atoms with Crippen LogP contribution in [0.4, 0.5) is 4.39 Å². The van der Waals surface area contributed by atoms with E-state index < -0.39 is 10.0 Å². The second kappa shape index (κ2) is 7.89. The van der Waals surface area contributed by atoms with Gasteiger partial charge in [0, 0.05) is 24.5 Å². The summed E-state index contributed by atoms with van der Waals surface area (Å²) in [4.78, 5) is 16.4. The Hall–Kier alpha value is -1.07. The molecule has 3 rings (SSSR count). The minimum Gasteiger partial charge on any atom is -0.469 e. The number of benzene rings is 1. The molecule has 0 N–H and O–H groups in total. The summed E-state index contributed by atoms with van der Waals surface area (Å²) in [6.45, 7) is 0.456. The van der Waals surface area contributed by atoms with E-state index >= 15 is 0 Å². The lowest BCUT2D eigenvalue weighted by atomic mass is 9.76. The van der Waals surface area contributed by atoms with Crippen molar-refractivity contribution in [3.63, 3.8) is 0 Å². The molecule has 0 spiro atoms. The maximum Gasteiger partial charge on any atom is 0.310 e. The zero-order valence-electron chi connectivity index (χ0n) is 16.4. The molecule has 4 atom stereocenters. The van der Waals surface area contributed by atoms with Crippen molar-refractivity contribution in [3.05, 3.63) is 29.8 Å². The minimum absolute atomic E-state index is 0.115. The van der Waals surface area contributed by atoms with E-state index in [1.54, 1.807) is 0 Å². The largest absolute Gasteiger partial charge is 0.469 e. The monoisotopic (exact) mass is 381 g/mol. The van der Waals surface area contributed by atoms with Crippen LogP contribution in [0.3, 0.4) is 0 Å². The third-order valence-corrected chi connectivity index (χ3v) is 7.79. The number of fused-ring (bicyclic) bond motifs is 2. The minimum atomic E-state index is -0.748. The van der Waals surface area contributed by atoms with E-state index in [9.17, 15) is 9.18 Å². The molecule has 1 aromatic carbocycles. The van der Waals surface area contributed by atoms with Crippen LogP contribution < -0.4 is 0 Å². The molecule has 5 heteroatoms. The Morgan fingerprint density at radius 3 is 2.50 bits per heavy atom. The number of carbonyl (C=O) groups excluding carboxylic acids is 1. The van der Waals surface area contributed by atoms with Crippen molar-refractivity contribution in [3.8, 4) is 0 Å². The van der Waals surface area contributed by atoms with E-state index in [1.807, 2.05) is 0 Å². The number of hydrogen-bond acceptors (Lipinski definition) is 3. The molecular weight excluding hydrogens is 349 g/mol. The number of alkyl halides is 1. The molecular formula is C21H32FNO2S. The van der Waals surface area contributed by atoms with Crippen molar-refractivity contribution < 1.29 is 13.9 Å². The smallest absolute Gasteiger partial charge is 0.310 e. The maximum atomic E-state index is 12.7. The van der Waals surface area contributed by atoms with Gasteiger partial charge in [-0.05, 0) is 67.0 Å². The second-order valence-electron chi connectivity index (χ2n) is 8.38. The first kappa shape index (κ1) is 19.7. The van der Waals surface area contributed by atoms with Gasteiger partial charge in [-0.3, -0.25) is 14.1 Å². The summed E-state index contributed by atoms with van der Waals surface area (Å²) in [6.07, 6.45) is 10.5. The Morgan fingerprint density at radius 1 is 1.23 bits per heavy atom. The normalized spacial score (nSPS) is 29.6. The molecule has 146 valence electrons. The van der Waals surface area contributed by atoms with Crippen LogP contribution >= 0.6 is 10.0 Å². The van der Waals surface area contributed by atoms with Crippen molar-refractivity contribution in [2.24, 2.45) is 5.92 Å². The van der Waals surface area contributed by atoms with E-state index in [1.165, 1.54) is 17.6 Å². The average Bonchev–Trinajstić information content (AvgIpc) is 2.89. The van der Waals surface area contributed by atoms with Crippen molar-refractivity contribution in [1.29, 1.82) is 0 Å². The summed E-state index contributed by atoms with van der Waals surface area (Å²) in [5.41, 5.74) is 1.25. The van der Waals surface area contributed by atoms with E-state index in [4.69, 9.17) is 4.74 Å². The molecule has 0 saturated carbocycles. The summed E-state index contributed by atoms with van der Waals surface area (Å²) in [5, 5.41) is 0. The molecule has 2 heterocycles. The highest BCUT2D eigenvalue weighted by atomic mass is 32.3. The van der Waals surface area contributed by atoms with Crippen LogP contribution in [0, 0.1) is 5.92 Å². The van der Waals surface area contributed by atoms with Gasteiger partial charge in [-0.2, -0.15) is 0 Å². The van der Waals surface area contributed by atoms with Crippen molar-refractivity contribution in [2.75, 3.05) is 39.1 Å². The average molecular weight is 382 g/mol. The predicted octanol–water partition coefficient (Wildman–Crippen LogP) is 4.21. The number of piperidine rings is 1. The summed E-state index contributed by atoms with van der Waals surface area (Å²) in [7, 11) is 0.736. The van der Waals surface area contributed by atoms with Gasteiger partial charge in [0.1, 0.15) is 0 Å². The fraction of sp³-hybridized carbons (Fsp3) is 0.667. The molecule has 1 aromatic rings. The lowest BCUT2D eigenvalue weighted by Crippen LogP contribution is -2.51. The number of nitrogens with zero attached hydrogens (tertiary/aromatic N) is 1. The zero-order chi connectivity index (χ0) is 18.9. The van der Waals surface area contributed by atoms with Gasteiger partial charge >= 0.3 is 5.97 Å². The van der Waals surface area contributed by atoms with Gasteiger partial charge in [0.25, 0.3) is 0 Å². The molecule has 0 radical (unpaired) electrons. The number of halogens is 1. The molecule has 0 aromatic heterocycles. The highest BCUT2D eigenvalue weighted by molar-refractivity contribution is 8.32. The first-order valence-electron chi connectivity index (χ1n) is 9.54. The van der Waals surface area contributed by atoms with Gasteiger partial charge in [0.2, 0.25) is 0 Å². The van der Waals surface area contributed by atoms with Crippen LogP contribution in [0.2, 0.25) is 0 Å². The SMILES string of the molecule is COC(=O)[C@H]1[C@@H](c2ccc(S(C)(C)C)cc2)C[C@@H]2CC[C@H]1N2CCCF. The molecule has 2 fully saturated rings. The number of rotatable bonds is 6. The van der Waals surface area contributed by atoms with Crippen molar-refractivity contribution in [1.82, 2.24) is 4.90 Å². The summed E-state index contributed by atoms with van der Waals surface area (Å²) in [5.74, 6) is -0.0621. The van der Waals surface area contributed by atoms with E-state index in [0.717, 1.165) is 25.8 Å². The summed E-state index contributed by atoms with van der Waals surface area (Å²) in [6, 6.07) is 9.54. The number of ether oxygens (including phenoxy) is 1. The van der Waals surface area contributed by atoms with Crippen LogP contribution in [0.15, 0.2) is 29.2 Å². The Bertz CT molecular complexity index is 628. The van der Waals surface area contributed by atoms with Gasteiger partial charge in [-0.1, -0.05) is 12.1 Å². The first-order chi connectivity index (χ1) is 12.4. The predicted molar refractivity (Wildman–Crippen MR) is 107 cm³/mol. The standard InChI is InChI=1S/C21H32FNO2S/c1-25-21(24)20-18(15-6-9-17(10-7-15)26(2,3)4)14-16-8-11-19(20)23(16)13-5-12-22/h6-7,9-10,16,18-20H,5,8,11-14H2,1-4H3/t16-,18+,19+,20-/m0/s1. The zero-order valence-corrected chi connectivity index (χ0v) is 17.2. The number of esters is 1. The molecule has 0 amide bonds. The maximum absolute atomic E-state index is 12.7. The fourth-order valence-electron chi connectivity index (χ4n) is 4.83. The highest BCUT2D eigenvalue weighted by Crippen LogP contribution is 2.49. The van der Waals surface area contributed by atoms with Crippen LogP contribution in [-0.2, 0) is 9.53 Å². The van der Waals surface area contributed by atoms with Gasteiger partial charge in [-0.15, -0.1) is 0 Å². The van der Waals surface area contributed by atoms with Crippen molar-refractivity contribution >= 4 is 16.0 Å². The van der Waals surface area contributed by atoms with Gasteiger partial charge < -0.3 is 4.74 Å². The van der Waals surface area contributed by atoms with Crippen LogP contribution in [0.5, 0.6) is 0 Å². The second-order valence-corrected chi connectivity index (χ2v) is 12.5. The first-order valence-corrected chi connectivity index (χ1v) is 12.4. The topological polar surface area (TPSA) is 29.5 Å². The molecule has 2 aliphatic rings. The Kier molecular flexibility index (Phi) is 5.97. The molecule has 26 heavy (non-hydrogen) atoms. The highest BCUT2D eigenvalue weighted by Gasteiger charge is 2.50. The van der Waals surface area contributed by atoms with Crippen LogP contribution in [-0.4, -0.2) is 62.0 Å². The quantitative estimate of drug-likeness (QED) is 0.692. The lowest BCUT2D eigenvalue weighted by Gasteiger charge is -2.43. The number of carbonyl (C=O) groups is 1. The Labute approximate surface area is 158 Å². The van der Waals surface area contributed by atoms with Gasteiger partial charge in [-0.25, -0.2) is 10.0 Å². The third kappa shape index (κ3) is 3.79. The number of methoxy groups -OCH3 is 1. The van der Waals surface area contributed by atoms with Crippen LogP contribution in [0.1, 0.15) is 37.2 Å². The summed E-state index contributed by atoms with van der Waals surface area (Å²) >= 11 is 0. The summed E-state index contributed by atoms with van der Waals surface area (Å²) < 4.78 is 17.9. The Balaban J connectivity index is 1.88. The van der Waals surface area contributed by atoms with Crippen molar-refractivity contribution in [2.45, 2.75) is 48.6 Å². The Morgan fingerprint density at radius 2 is 1.92 bits per heavy atom. The number of hydrogen-bond donors (Lipinski definition) is 0. The molecule has 0 aliphatic carbocycles. The third-order valence-electron chi connectivity index (χ3n) is 6.10.